The second-order valence-corrected chi connectivity index (χ2v) is 4.73. The van der Waals surface area contributed by atoms with Crippen molar-refractivity contribution in [2.24, 2.45) is 0 Å². The van der Waals surface area contributed by atoms with Crippen molar-refractivity contribution in [1.82, 2.24) is 4.98 Å². The maximum absolute atomic E-state index is 5.61. The highest BCUT2D eigenvalue weighted by atomic mass is 32.2. The summed E-state index contributed by atoms with van der Waals surface area (Å²) in [5, 5.41) is 0. The van der Waals surface area contributed by atoms with Gasteiger partial charge in [-0.15, -0.1) is 0 Å². The second-order valence-electron chi connectivity index (χ2n) is 3.70. The molecule has 0 aromatic carbocycles. The van der Waals surface area contributed by atoms with Gasteiger partial charge in [-0.2, -0.15) is 11.8 Å². The average Bonchev–Trinajstić information content (AvgIpc) is 2.71. The van der Waals surface area contributed by atoms with Gasteiger partial charge in [0.05, 0.1) is 11.8 Å². The first-order chi connectivity index (χ1) is 7.34. The lowest BCUT2D eigenvalue weighted by Gasteiger charge is -2.08. The molecule has 1 atom stereocenters. The lowest BCUT2D eigenvalue weighted by molar-refractivity contribution is 0.129. The molecule has 4 heteroatoms. The summed E-state index contributed by atoms with van der Waals surface area (Å²) in [6, 6.07) is 5.78. The van der Waals surface area contributed by atoms with Gasteiger partial charge in [-0.1, -0.05) is 6.07 Å². The highest BCUT2D eigenvalue weighted by molar-refractivity contribution is 7.98. The summed E-state index contributed by atoms with van der Waals surface area (Å²) in [6.45, 7) is 0.932. The molecule has 1 unspecified atom stereocenters. The zero-order chi connectivity index (χ0) is 10.5. The molecule has 0 bridgehead atoms. The molecule has 2 rings (SSSR count). The lowest BCUT2D eigenvalue weighted by Crippen LogP contribution is -2.08. The minimum Gasteiger partial charge on any atom is -0.384 e. The molecular weight excluding hydrogens is 208 g/mol. The highest BCUT2D eigenvalue weighted by Crippen LogP contribution is 2.19. The Labute approximate surface area is 94.4 Å². The largest absolute Gasteiger partial charge is 0.384 e. The van der Waals surface area contributed by atoms with Gasteiger partial charge in [-0.25, -0.2) is 4.98 Å². The molecule has 0 amide bonds. The van der Waals surface area contributed by atoms with E-state index in [1.807, 2.05) is 30.0 Å². The summed E-state index contributed by atoms with van der Waals surface area (Å²) in [5.74, 6) is 2.59. The number of anilines is 1. The molecule has 0 aliphatic carbocycles. The summed E-state index contributed by atoms with van der Waals surface area (Å²) in [7, 11) is 0. The third-order valence-corrected chi connectivity index (χ3v) is 3.51. The Morgan fingerprint density at radius 2 is 2.47 bits per heavy atom. The number of nitrogen functional groups attached to an aromatic ring is 1. The van der Waals surface area contributed by atoms with Gasteiger partial charge in [0.15, 0.2) is 0 Å². The van der Waals surface area contributed by atoms with Gasteiger partial charge in [-0.3, -0.25) is 0 Å². The first-order valence-corrected chi connectivity index (χ1v) is 6.41. The van der Waals surface area contributed by atoms with Crippen LogP contribution in [0, 0.1) is 0 Å². The average molecular weight is 224 g/mol. The summed E-state index contributed by atoms with van der Waals surface area (Å²) < 4.78 is 5.55. The van der Waals surface area contributed by atoms with Gasteiger partial charge in [0, 0.05) is 18.1 Å². The van der Waals surface area contributed by atoms with Gasteiger partial charge in [-0.05, 0) is 25.0 Å². The minimum absolute atomic E-state index is 0.455. The zero-order valence-electron chi connectivity index (χ0n) is 8.69. The lowest BCUT2D eigenvalue weighted by atomic mass is 10.3. The van der Waals surface area contributed by atoms with Crippen molar-refractivity contribution in [1.29, 1.82) is 0 Å². The van der Waals surface area contributed by atoms with Crippen molar-refractivity contribution >= 4 is 17.6 Å². The predicted molar refractivity (Wildman–Crippen MR) is 63.8 cm³/mol. The zero-order valence-corrected chi connectivity index (χ0v) is 9.50. The standard InChI is InChI=1S/C11H16N2OS/c12-11-5-1-3-9(13-11)7-15-8-10-4-2-6-14-10/h1,3,5,10H,2,4,6-8H2,(H2,12,13). The molecule has 1 saturated heterocycles. The van der Waals surface area contributed by atoms with E-state index in [0.717, 1.165) is 23.8 Å². The van der Waals surface area contributed by atoms with E-state index in [1.54, 1.807) is 0 Å². The molecule has 1 aliphatic heterocycles. The van der Waals surface area contributed by atoms with Crippen molar-refractivity contribution < 1.29 is 4.74 Å². The Hall–Kier alpha value is -0.740. The molecule has 2 heterocycles. The molecule has 1 aliphatic rings. The number of nitrogens with two attached hydrogens (primary N) is 1. The van der Waals surface area contributed by atoms with Gasteiger partial charge in [0.1, 0.15) is 5.82 Å². The fourth-order valence-electron chi connectivity index (χ4n) is 1.65. The predicted octanol–water partition coefficient (Wildman–Crippen LogP) is 2.08. The maximum Gasteiger partial charge on any atom is 0.123 e. The van der Waals surface area contributed by atoms with Crippen LogP contribution in [0.4, 0.5) is 5.82 Å². The van der Waals surface area contributed by atoms with E-state index >= 15 is 0 Å². The van der Waals surface area contributed by atoms with Crippen LogP contribution in [0.2, 0.25) is 0 Å². The monoisotopic (exact) mass is 224 g/mol. The topological polar surface area (TPSA) is 48.1 Å². The molecule has 3 nitrogen and oxygen atoms in total. The molecule has 2 N–H and O–H groups in total. The summed E-state index contributed by atoms with van der Waals surface area (Å²) >= 11 is 1.87. The van der Waals surface area contributed by atoms with E-state index in [4.69, 9.17) is 10.5 Å². The van der Waals surface area contributed by atoms with E-state index in [1.165, 1.54) is 12.8 Å². The first kappa shape index (κ1) is 10.8. The van der Waals surface area contributed by atoms with E-state index in [-0.39, 0.29) is 0 Å². The third-order valence-electron chi connectivity index (χ3n) is 2.41. The number of ether oxygens (including phenoxy) is 1. The SMILES string of the molecule is Nc1cccc(CSCC2CCCO2)n1. The molecule has 1 aromatic rings. The van der Waals surface area contributed by atoms with Crippen LogP contribution in [0.5, 0.6) is 0 Å². The Morgan fingerprint density at radius 1 is 1.53 bits per heavy atom. The Morgan fingerprint density at radius 3 is 3.20 bits per heavy atom. The summed E-state index contributed by atoms with van der Waals surface area (Å²) in [6.07, 6.45) is 2.87. The van der Waals surface area contributed by atoms with Gasteiger partial charge in [0.25, 0.3) is 0 Å². The van der Waals surface area contributed by atoms with E-state index in [2.05, 4.69) is 4.98 Å². The molecule has 1 aromatic heterocycles. The fraction of sp³-hybridized carbons (Fsp3) is 0.545. The Kier molecular flexibility index (Phi) is 3.86. The minimum atomic E-state index is 0.455. The second kappa shape index (κ2) is 5.37. The van der Waals surface area contributed by atoms with Crippen molar-refractivity contribution in [2.75, 3.05) is 18.1 Å². The number of nitrogens with zero attached hydrogens (tertiary/aromatic N) is 1. The Bertz CT molecular complexity index is 313. The van der Waals surface area contributed by atoms with Crippen LogP contribution in [-0.4, -0.2) is 23.4 Å². The molecule has 0 radical (unpaired) electrons. The quantitative estimate of drug-likeness (QED) is 0.850. The van der Waals surface area contributed by atoms with Crippen LogP contribution in [-0.2, 0) is 10.5 Å². The van der Waals surface area contributed by atoms with Crippen LogP contribution in [0.25, 0.3) is 0 Å². The van der Waals surface area contributed by atoms with Gasteiger partial charge >= 0.3 is 0 Å². The van der Waals surface area contributed by atoms with E-state index < -0.39 is 0 Å². The molecule has 0 spiro atoms. The molecule has 82 valence electrons. The summed E-state index contributed by atoms with van der Waals surface area (Å²) in [4.78, 5) is 4.25. The summed E-state index contributed by atoms with van der Waals surface area (Å²) in [5.41, 5.74) is 6.66. The fourth-order valence-corrected chi connectivity index (χ4v) is 2.66. The number of rotatable bonds is 4. The van der Waals surface area contributed by atoms with E-state index in [9.17, 15) is 0 Å². The smallest absolute Gasteiger partial charge is 0.123 e. The number of hydrogen-bond acceptors (Lipinski definition) is 4. The normalized spacial score (nSPS) is 20.7. The Balaban J connectivity index is 1.73. The van der Waals surface area contributed by atoms with E-state index in [0.29, 0.717) is 11.9 Å². The molecule has 0 saturated carbocycles. The van der Waals surface area contributed by atoms with Crippen LogP contribution >= 0.6 is 11.8 Å². The number of hydrogen-bond donors (Lipinski definition) is 1. The molecular formula is C11H16N2OS. The van der Waals surface area contributed by atoms with Crippen molar-refractivity contribution in [3.05, 3.63) is 23.9 Å². The number of pyridine rings is 1. The van der Waals surface area contributed by atoms with Crippen molar-refractivity contribution in [3.8, 4) is 0 Å². The van der Waals surface area contributed by atoms with Crippen molar-refractivity contribution in [3.63, 3.8) is 0 Å². The highest BCUT2D eigenvalue weighted by Gasteiger charge is 2.14. The number of thioether (sulfide) groups is 1. The van der Waals surface area contributed by atoms with Crippen LogP contribution in [0.15, 0.2) is 18.2 Å². The third kappa shape index (κ3) is 3.39. The van der Waals surface area contributed by atoms with Crippen LogP contribution in [0.3, 0.4) is 0 Å². The molecule has 1 fully saturated rings. The maximum atomic E-state index is 5.61. The molecule has 15 heavy (non-hydrogen) atoms. The first-order valence-electron chi connectivity index (χ1n) is 5.25. The van der Waals surface area contributed by atoms with Gasteiger partial charge in [0.2, 0.25) is 0 Å². The van der Waals surface area contributed by atoms with Crippen LogP contribution in [0.1, 0.15) is 18.5 Å². The number of aromatic nitrogens is 1. The van der Waals surface area contributed by atoms with Crippen molar-refractivity contribution in [2.45, 2.75) is 24.7 Å². The van der Waals surface area contributed by atoms with Gasteiger partial charge < -0.3 is 10.5 Å². The van der Waals surface area contributed by atoms with Crippen LogP contribution < -0.4 is 5.73 Å².